The lowest BCUT2D eigenvalue weighted by Crippen LogP contribution is -2.12. The van der Waals surface area contributed by atoms with Crippen LogP contribution in [0.5, 0.6) is 0 Å². The first-order valence-electron chi connectivity index (χ1n) is 5.66. The zero-order valence-corrected chi connectivity index (χ0v) is 9.81. The molecule has 1 heterocycles. The monoisotopic (exact) mass is 233 g/mol. The van der Waals surface area contributed by atoms with E-state index in [1.54, 1.807) is 6.20 Å². The summed E-state index contributed by atoms with van der Waals surface area (Å²) >= 11 is 0. The Morgan fingerprint density at radius 3 is 2.53 bits per heavy atom. The summed E-state index contributed by atoms with van der Waals surface area (Å²) < 4.78 is 14.8. The van der Waals surface area contributed by atoms with E-state index >= 15 is 0 Å². The summed E-state index contributed by atoms with van der Waals surface area (Å²) in [5.41, 5.74) is 7.82. The van der Waals surface area contributed by atoms with Crippen molar-refractivity contribution < 1.29 is 4.39 Å². The van der Waals surface area contributed by atoms with Crippen LogP contribution < -0.4 is 5.73 Å². The molecule has 1 aromatic heterocycles. The minimum atomic E-state index is -0.217. The number of aromatic nitrogens is 2. The number of halogens is 1. The molecule has 0 bridgehead atoms. The molecule has 2 aromatic rings. The number of rotatable bonds is 4. The van der Waals surface area contributed by atoms with Gasteiger partial charge in [0, 0.05) is 24.9 Å². The molecule has 0 fully saturated rings. The van der Waals surface area contributed by atoms with Gasteiger partial charge >= 0.3 is 0 Å². The van der Waals surface area contributed by atoms with Crippen molar-refractivity contribution in [2.45, 2.75) is 12.3 Å². The van der Waals surface area contributed by atoms with Crippen molar-refractivity contribution in [1.82, 2.24) is 9.78 Å². The number of benzene rings is 1. The van der Waals surface area contributed by atoms with Gasteiger partial charge in [0.2, 0.25) is 0 Å². The molecule has 3 nitrogen and oxygen atoms in total. The summed E-state index contributed by atoms with van der Waals surface area (Å²) in [6.07, 6.45) is 2.59. The Balaban J connectivity index is 2.35. The third-order valence-electron chi connectivity index (χ3n) is 2.94. The van der Waals surface area contributed by atoms with Crippen LogP contribution in [0.25, 0.3) is 0 Å². The van der Waals surface area contributed by atoms with Crippen molar-refractivity contribution in [1.29, 1.82) is 0 Å². The van der Waals surface area contributed by atoms with Gasteiger partial charge in [-0.1, -0.05) is 12.1 Å². The molecule has 1 unspecified atom stereocenters. The first-order chi connectivity index (χ1) is 8.22. The smallest absolute Gasteiger partial charge is 0.123 e. The van der Waals surface area contributed by atoms with Crippen LogP contribution in [-0.2, 0) is 7.05 Å². The van der Waals surface area contributed by atoms with Gasteiger partial charge in [-0.25, -0.2) is 4.39 Å². The van der Waals surface area contributed by atoms with Crippen LogP contribution in [0.4, 0.5) is 4.39 Å². The van der Waals surface area contributed by atoms with Gasteiger partial charge < -0.3 is 5.73 Å². The Kier molecular flexibility index (Phi) is 3.54. The van der Waals surface area contributed by atoms with Crippen LogP contribution in [0, 0.1) is 5.82 Å². The molecule has 0 saturated heterocycles. The van der Waals surface area contributed by atoms with Gasteiger partial charge in [-0.2, -0.15) is 5.10 Å². The third kappa shape index (κ3) is 2.53. The summed E-state index contributed by atoms with van der Waals surface area (Å²) in [7, 11) is 1.91. The number of hydrogen-bond acceptors (Lipinski definition) is 2. The summed E-state index contributed by atoms with van der Waals surface area (Å²) in [6, 6.07) is 8.56. The molecule has 0 amide bonds. The molecular weight excluding hydrogens is 217 g/mol. The lowest BCUT2D eigenvalue weighted by atomic mass is 9.92. The highest BCUT2D eigenvalue weighted by Crippen LogP contribution is 2.27. The normalized spacial score (nSPS) is 12.6. The van der Waals surface area contributed by atoms with Crippen molar-refractivity contribution in [3.8, 4) is 0 Å². The summed E-state index contributed by atoms with van der Waals surface area (Å²) in [4.78, 5) is 0. The van der Waals surface area contributed by atoms with E-state index in [4.69, 9.17) is 5.73 Å². The maximum absolute atomic E-state index is 12.9. The van der Waals surface area contributed by atoms with Crippen molar-refractivity contribution in [3.05, 3.63) is 53.6 Å². The highest BCUT2D eigenvalue weighted by Gasteiger charge is 2.16. The van der Waals surface area contributed by atoms with Gasteiger partial charge in [0.25, 0.3) is 0 Å². The van der Waals surface area contributed by atoms with Gasteiger partial charge in [-0.3, -0.25) is 4.68 Å². The fourth-order valence-corrected chi connectivity index (χ4v) is 2.07. The molecule has 1 atom stereocenters. The van der Waals surface area contributed by atoms with E-state index in [0.29, 0.717) is 6.54 Å². The largest absolute Gasteiger partial charge is 0.330 e. The SMILES string of the molecule is Cn1nccc1C(CCN)c1ccc(F)cc1. The maximum Gasteiger partial charge on any atom is 0.123 e. The number of aryl methyl sites for hydroxylation is 1. The van der Waals surface area contributed by atoms with Crippen molar-refractivity contribution in [2.24, 2.45) is 12.8 Å². The molecule has 1 aromatic carbocycles. The quantitative estimate of drug-likeness (QED) is 0.878. The minimum Gasteiger partial charge on any atom is -0.330 e. The summed E-state index contributed by atoms with van der Waals surface area (Å²) in [5.74, 6) is -0.0432. The van der Waals surface area contributed by atoms with Gasteiger partial charge in [-0.15, -0.1) is 0 Å². The second kappa shape index (κ2) is 5.10. The molecule has 2 rings (SSSR count). The molecule has 4 heteroatoms. The van der Waals surface area contributed by atoms with E-state index in [-0.39, 0.29) is 11.7 Å². The standard InChI is InChI=1S/C13H16FN3/c1-17-13(7-9-16-17)12(6-8-15)10-2-4-11(14)5-3-10/h2-5,7,9,12H,6,8,15H2,1H3. The summed E-state index contributed by atoms with van der Waals surface area (Å²) in [6.45, 7) is 0.590. The lowest BCUT2D eigenvalue weighted by molar-refractivity contribution is 0.616. The minimum absolute atomic E-state index is 0.174. The molecule has 0 aliphatic heterocycles. The summed E-state index contributed by atoms with van der Waals surface area (Å²) in [5, 5.41) is 4.16. The number of nitrogens with two attached hydrogens (primary N) is 1. The number of hydrogen-bond donors (Lipinski definition) is 1. The van der Waals surface area contributed by atoms with Crippen LogP contribution in [0.1, 0.15) is 23.6 Å². The molecule has 17 heavy (non-hydrogen) atoms. The molecule has 2 N–H and O–H groups in total. The van der Waals surface area contributed by atoms with Gasteiger partial charge in [0.05, 0.1) is 0 Å². The second-order valence-corrected chi connectivity index (χ2v) is 4.06. The Labute approximate surface area is 100 Å². The van der Waals surface area contributed by atoms with E-state index in [1.807, 2.05) is 29.9 Å². The highest BCUT2D eigenvalue weighted by atomic mass is 19.1. The maximum atomic E-state index is 12.9. The van der Waals surface area contributed by atoms with Crippen molar-refractivity contribution in [3.63, 3.8) is 0 Å². The molecular formula is C13H16FN3. The Morgan fingerprint density at radius 2 is 2.00 bits per heavy atom. The van der Waals surface area contributed by atoms with Gasteiger partial charge in [0.15, 0.2) is 0 Å². The third-order valence-corrected chi connectivity index (χ3v) is 2.94. The van der Waals surface area contributed by atoms with Crippen LogP contribution in [0.15, 0.2) is 36.5 Å². The molecule has 0 aliphatic carbocycles. The van der Waals surface area contributed by atoms with Gasteiger partial charge in [0.1, 0.15) is 5.82 Å². The number of nitrogens with zero attached hydrogens (tertiary/aromatic N) is 2. The van der Waals surface area contributed by atoms with Crippen LogP contribution >= 0.6 is 0 Å². The van der Waals surface area contributed by atoms with Gasteiger partial charge in [-0.05, 0) is 36.7 Å². The average Bonchev–Trinajstić information content (AvgIpc) is 2.74. The fourth-order valence-electron chi connectivity index (χ4n) is 2.07. The van der Waals surface area contributed by atoms with E-state index < -0.39 is 0 Å². The molecule has 90 valence electrons. The molecule has 0 saturated carbocycles. The topological polar surface area (TPSA) is 43.8 Å². The van der Waals surface area contributed by atoms with E-state index in [1.165, 1.54) is 12.1 Å². The average molecular weight is 233 g/mol. The fraction of sp³-hybridized carbons (Fsp3) is 0.308. The molecule has 0 radical (unpaired) electrons. The van der Waals surface area contributed by atoms with Crippen LogP contribution in [0.3, 0.4) is 0 Å². The first kappa shape index (κ1) is 11.8. The Morgan fingerprint density at radius 1 is 1.29 bits per heavy atom. The Bertz CT molecular complexity index is 476. The van der Waals surface area contributed by atoms with Crippen LogP contribution in [-0.4, -0.2) is 16.3 Å². The zero-order valence-electron chi connectivity index (χ0n) is 9.81. The highest BCUT2D eigenvalue weighted by molar-refractivity contribution is 5.28. The molecule has 0 aliphatic rings. The van der Waals surface area contributed by atoms with E-state index in [0.717, 1.165) is 17.7 Å². The van der Waals surface area contributed by atoms with E-state index in [2.05, 4.69) is 5.10 Å². The van der Waals surface area contributed by atoms with Crippen molar-refractivity contribution in [2.75, 3.05) is 6.54 Å². The predicted molar refractivity (Wildman–Crippen MR) is 65.1 cm³/mol. The zero-order chi connectivity index (χ0) is 12.3. The Hall–Kier alpha value is -1.68. The second-order valence-electron chi connectivity index (χ2n) is 4.06. The lowest BCUT2D eigenvalue weighted by Gasteiger charge is -2.17. The van der Waals surface area contributed by atoms with E-state index in [9.17, 15) is 4.39 Å². The van der Waals surface area contributed by atoms with Crippen LogP contribution in [0.2, 0.25) is 0 Å². The van der Waals surface area contributed by atoms with Crippen molar-refractivity contribution >= 4 is 0 Å². The predicted octanol–water partition coefficient (Wildman–Crippen LogP) is 2.04. The molecule has 0 spiro atoms. The first-order valence-corrected chi connectivity index (χ1v) is 5.66.